The minimum absolute atomic E-state index is 0.0202. The highest BCUT2D eigenvalue weighted by Crippen LogP contribution is 2.33. The molecule has 0 aromatic heterocycles. The van der Waals surface area contributed by atoms with Crippen molar-refractivity contribution in [3.63, 3.8) is 0 Å². The Morgan fingerprint density at radius 3 is 2.61 bits per heavy atom. The maximum atomic E-state index is 12.4. The summed E-state index contributed by atoms with van der Waals surface area (Å²) in [6.45, 7) is 1.47. The number of hydrogen-bond donors (Lipinski definition) is 1. The van der Waals surface area contributed by atoms with Crippen LogP contribution in [0, 0.1) is 0 Å². The Morgan fingerprint density at radius 1 is 1.44 bits per heavy atom. The molecule has 2 N–H and O–H groups in total. The fourth-order valence-electron chi connectivity index (χ4n) is 1.82. The SMILES string of the molecule is CN1CC[C@H]1COc1ccc(C(F)(F)F)cc1N. The third kappa shape index (κ3) is 2.69. The molecular formula is C12H15F3N2O. The van der Waals surface area contributed by atoms with E-state index in [2.05, 4.69) is 4.90 Å². The first kappa shape index (κ1) is 13.0. The van der Waals surface area contributed by atoms with Gasteiger partial charge in [-0.2, -0.15) is 13.2 Å². The Balaban J connectivity index is 2.01. The second-order valence-electron chi connectivity index (χ2n) is 4.48. The van der Waals surface area contributed by atoms with E-state index in [1.807, 2.05) is 7.05 Å². The van der Waals surface area contributed by atoms with E-state index in [4.69, 9.17) is 10.5 Å². The standard InChI is InChI=1S/C12H15F3N2O/c1-17-5-4-9(17)7-18-11-3-2-8(6-10(11)16)12(13,14)15/h2-3,6,9H,4-5,7,16H2,1H3/t9-/m0/s1. The lowest BCUT2D eigenvalue weighted by Crippen LogP contribution is -2.48. The van der Waals surface area contributed by atoms with E-state index in [0.717, 1.165) is 25.1 Å². The van der Waals surface area contributed by atoms with E-state index >= 15 is 0 Å². The molecule has 0 amide bonds. The fourth-order valence-corrected chi connectivity index (χ4v) is 1.82. The number of nitrogens with two attached hydrogens (primary N) is 1. The van der Waals surface area contributed by atoms with Gasteiger partial charge in [0.25, 0.3) is 0 Å². The molecule has 0 unspecified atom stereocenters. The quantitative estimate of drug-likeness (QED) is 0.848. The van der Waals surface area contributed by atoms with Crippen LogP contribution in [0.25, 0.3) is 0 Å². The summed E-state index contributed by atoms with van der Waals surface area (Å²) in [6.07, 6.45) is -3.34. The Kier molecular flexibility index (Phi) is 3.38. The van der Waals surface area contributed by atoms with Crippen molar-refractivity contribution >= 4 is 5.69 Å². The molecule has 0 bridgehead atoms. The van der Waals surface area contributed by atoms with Gasteiger partial charge in [-0.15, -0.1) is 0 Å². The lowest BCUT2D eigenvalue weighted by Gasteiger charge is -2.37. The zero-order valence-corrected chi connectivity index (χ0v) is 10.00. The number of nitrogen functional groups attached to an aromatic ring is 1. The van der Waals surface area contributed by atoms with Gasteiger partial charge < -0.3 is 10.5 Å². The highest BCUT2D eigenvalue weighted by molar-refractivity contribution is 5.54. The van der Waals surface area contributed by atoms with Crippen LogP contribution in [0.5, 0.6) is 5.75 Å². The lowest BCUT2D eigenvalue weighted by molar-refractivity contribution is -0.137. The molecular weight excluding hydrogens is 245 g/mol. The first-order chi connectivity index (χ1) is 8.38. The molecule has 6 heteroatoms. The normalized spacial score (nSPS) is 20.6. The first-order valence-electron chi connectivity index (χ1n) is 5.67. The average Bonchev–Trinajstić information content (AvgIpc) is 2.28. The molecule has 1 fully saturated rings. The Hall–Kier alpha value is -1.43. The summed E-state index contributed by atoms with van der Waals surface area (Å²) in [7, 11) is 1.98. The van der Waals surface area contributed by atoms with Gasteiger partial charge in [0, 0.05) is 6.04 Å². The van der Waals surface area contributed by atoms with E-state index < -0.39 is 11.7 Å². The molecule has 1 atom stereocenters. The Morgan fingerprint density at radius 2 is 2.17 bits per heavy atom. The maximum absolute atomic E-state index is 12.4. The minimum Gasteiger partial charge on any atom is -0.490 e. The van der Waals surface area contributed by atoms with Crippen molar-refractivity contribution in [3.8, 4) is 5.75 Å². The van der Waals surface area contributed by atoms with Crippen LogP contribution in [0.1, 0.15) is 12.0 Å². The number of likely N-dealkylation sites (N-methyl/N-ethyl adjacent to an activating group) is 1. The van der Waals surface area contributed by atoms with E-state index in [-0.39, 0.29) is 5.69 Å². The number of nitrogens with zero attached hydrogens (tertiary/aromatic N) is 1. The number of ether oxygens (including phenoxy) is 1. The molecule has 1 aliphatic rings. The van der Waals surface area contributed by atoms with Crippen LogP contribution < -0.4 is 10.5 Å². The summed E-state index contributed by atoms with van der Waals surface area (Å²) in [4.78, 5) is 2.13. The van der Waals surface area contributed by atoms with E-state index in [9.17, 15) is 13.2 Å². The van der Waals surface area contributed by atoms with Crippen LogP contribution in [-0.4, -0.2) is 31.1 Å². The first-order valence-corrected chi connectivity index (χ1v) is 5.67. The second kappa shape index (κ2) is 4.68. The molecule has 0 radical (unpaired) electrons. The summed E-state index contributed by atoms with van der Waals surface area (Å²) < 4.78 is 42.7. The van der Waals surface area contributed by atoms with Crippen molar-refractivity contribution in [2.24, 2.45) is 0 Å². The van der Waals surface area contributed by atoms with Gasteiger partial charge in [-0.25, -0.2) is 0 Å². The number of halogens is 3. The number of benzene rings is 1. The number of hydrogen-bond acceptors (Lipinski definition) is 3. The van der Waals surface area contributed by atoms with Gasteiger partial charge in [0.2, 0.25) is 0 Å². The second-order valence-corrected chi connectivity index (χ2v) is 4.48. The molecule has 0 saturated carbocycles. The van der Waals surface area contributed by atoms with Crippen LogP contribution in [0.3, 0.4) is 0 Å². The number of rotatable bonds is 3. The predicted octanol–water partition coefficient (Wildman–Crippen LogP) is 2.37. The summed E-state index contributed by atoms with van der Waals surface area (Å²) in [5, 5.41) is 0. The molecule has 1 aromatic rings. The van der Waals surface area contributed by atoms with Crippen molar-refractivity contribution in [3.05, 3.63) is 23.8 Å². The molecule has 0 aliphatic carbocycles. The molecule has 1 heterocycles. The van der Waals surface area contributed by atoms with Gasteiger partial charge >= 0.3 is 6.18 Å². The van der Waals surface area contributed by atoms with Crippen molar-refractivity contribution in [2.75, 3.05) is 25.9 Å². The molecule has 0 spiro atoms. The molecule has 100 valence electrons. The molecule has 2 rings (SSSR count). The van der Waals surface area contributed by atoms with Crippen LogP contribution in [0.15, 0.2) is 18.2 Å². The van der Waals surface area contributed by atoms with Crippen LogP contribution in [-0.2, 0) is 6.18 Å². The number of likely N-dealkylation sites (tertiary alicyclic amines) is 1. The summed E-state index contributed by atoms with van der Waals surface area (Å²) in [6, 6.07) is 3.49. The predicted molar refractivity (Wildman–Crippen MR) is 62.4 cm³/mol. The number of alkyl halides is 3. The average molecular weight is 260 g/mol. The molecule has 3 nitrogen and oxygen atoms in total. The van der Waals surface area contributed by atoms with Crippen LogP contribution in [0.2, 0.25) is 0 Å². The van der Waals surface area contributed by atoms with Gasteiger partial charge in [-0.05, 0) is 38.2 Å². The van der Waals surface area contributed by atoms with E-state index in [1.165, 1.54) is 6.07 Å². The largest absolute Gasteiger partial charge is 0.490 e. The van der Waals surface area contributed by atoms with Crippen molar-refractivity contribution < 1.29 is 17.9 Å². The Bertz CT molecular complexity index is 434. The fraction of sp³-hybridized carbons (Fsp3) is 0.500. The van der Waals surface area contributed by atoms with Crippen LogP contribution >= 0.6 is 0 Å². The molecule has 1 saturated heterocycles. The topological polar surface area (TPSA) is 38.5 Å². The minimum atomic E-state index is -4.37. The van der Waals surface area contributed by atoms with Crippen LogP contribution in [0.4, 0.5) is 18.9 Å². The summed E-state index contributed by atoms with van der Waals surface area (Å²) in [5.74, 6) is 0.309. The molecule has 1 aliphatic heterocycles. The van der Waals surface area contributed by atoms with Gasteiger partial charge in [0.15, 0.2) is 0 Å². The zero-order chi connectivity index (χ0) is 13.3. The summed E-state index contributed by atoms with van der Waals surface area (Å²) in [5.41, 5.74) is 4.82. The van der Waals surface area contributed by atoms with Crippen molar-refractivity contribution in [1.82, 2.24) is 4.90 Å². The van der Waals surface area contributed by atoms with Crippen molar-refractivity contribution in [1.29, 1.82) is 0 Å². The monoisotopic (exact) mass is 260 g/mol. The third-order valence-corrected chi connectivity index (χ3v) is 3.21. The number of anilines is 1. The van der Waals surface area contributed by atoms with Gasteiger partial charge in [-0.3, -0.25) is 4.90 Å². The lowest BCUT2D eigenvalue weighted by atomic mass is 10.1. The third-order valence-electron chi connectivity index (χ3n) is 3.21. The van der Waals surface area contributed by atoms with Gasteiger partial charge in [-0.1, -0.05) is 0 Å². The maximum Gasteiger partial charge on any atom is 0.416 e. The smallest absolute Gasteiger partial charge is 0.416 e. The van der Waals surface area contributed by atoms with E-state index in [1.54, 1.807) is 0 Å². The molecule has 1 aromatic carbocycles. The highest BCUT2D eigenvalue weighted by atomic mass is 19.4. The molecule has 18 heavy (non-hydrogen) atoms. The van der Waals surface area contributed by atoms with Gasteiger partial charge in [0.1, 0.15) is 12.4 Å². The highest BCUT2D eigenvalue weighted by Gasteiger charge is 2.31. The van der Waals surface area contributed by atoms with Gasteiger partial charge in [0.05, 0.1) is 11.3 Å². The Labute approximate surface area is 103 Å². The summed E-state index contributed by atoms with van der Waals surface area (Å²) >= 11 is 0. The van der Waals surface area contributed by atoms with Crippen molar-refractivity contribution in [2.45, 2.75) is 18.6 Å². The van der Waals surface area contributed by atoms with E-state index in [0.29, 0.717) is 18.4 Å². The zero-order valence-electron chi connectivity index (χ0n) is 10.00.